The van der Waals surface area contributed by atoms with Crippen LogP contribution in [0, 0.1) is 10.1 Å². The van der Waals surface area contributed by atoms with Gasteiger partial charge in [0.25, 0.3) is 10.0 Å². The number of nitrogens with zero attached hydrogens (tertiary/aromatic N) is 1. The van der Waals surface area contributed by atoms with E-state index < -0.39 is 14.9 Å². The van der Waals surface area contributed by atoms with E-state index in [1.807, 2.05) is 20.8 Å². The molecule has 0 aromatic carbocycles. The highest BCUT2D eigenvalue weighted by Crippen LogP contribution is 2.37. The molecule has 21 heavy (non-hydrogen) atoms. The van der Waals surface area contributed by atoms with Crippen molar-refractivity contribution in [2.24, 2.45) is 0 Å². The number of nitrogens with one attached hydrogen (secondary N) is 2. The number of thiophene rings is 1. The first-order chi connectivity index (χ1) is 9.85. The van der Waals surface area contributed by atoms with Crippen molar-refractivity contribution in [3.63, 3.8) is 0 Å². The van der Waals surface area contributed by atoms with Crippen molar-refractivity contribution in [3.8, 4) is 0 Å². The molecule has 2 N–H and O–H groups in total. The largest absolute Gasteiger partial charge is 0.371 e. The monoisotopic (exact) mass is 335 g/mol. The highest BCUT2D eigenvalue weighted by atomic mass is 32.2. The topological polar surface area (TPSA) is 101 Å². The van der Waals surface area contributed by atoms with Crippen LogP contribution in [0.4, 0.5) is 10.7 Å². The highest BCUT2D eigenvalue weighted by molar-refractivity contribution is 7.91. The van der Waals surface area contributed by atoms with Gasteiger partial charge in [0.2, 0.25) is 0 Å². The second kappa shape index (κ2) is 7.71. The summed E-state index contributed by atoms with van der Waals surface area (Å²) in [6.07, 6.45) is 2.14. The number of nitro groups is 1. The molecule has 0 aliphatic rings. The zero-order valence-electron chi connectivity index (χ0n) is 12.4. The second-order valence-electron chi connectivity index (χ2n) is 4.60. The molecule has 0 saturated heterocycles. The van der Waals surface area contributed by atoms with Gasteiger partial charge in [-0.05, 0) is 19.3 Å². The zero-order valence-corrected chi connectivity index (χ0v) is 14.0. The molecule has 0 radical (unpaired) electrons. The second-order valence-corrected chi connectivity index (χ2v) is 7.59. The molecular formula is C12H21N3O4S2. The number of anilines is 1. The maximum absolute atomic E-state index is 12.3. The fraction of sp³-hybridized carbons (Fsp3) is 0.667. The van der Waals surface area contributed by atoms with Gasteiger partial charge < -0.3 is 5.32 Å². The fourth-order valence-electron chi connectivity index (χ4n) is 1.73. The Kier molecular flexibility index (Phi) is 6.56. The van der Waals surface area contributed by atoms with Gasteiger partial charge in [-0.3, -0.25) is 10.1 Å². The number of rotatable bonds is 9. The first-order valence-electron chi connectivity index (χ1n) is 6.90. The van der Waals surface area contributed by atoms with Crippen LogP contribution >= 0.6 is 11.3 Å². The predicted octanol–water partition coefficient (Wildman–Crippen LogP) is 2.95. The Labute approximate surface area is 129 Å². The van der Waals surface area contributed by atoms with E-state index in [9.17, 15) is 18.5 Å². The predicted molar refractivity (Wildman–Crippen MR) is 84.4 cm³/mol. The smallest absolute Gasteiger partial charge is 0.304 e. The molecule has 0 unspecified atom stereocenters. The van der Waals surface area contributed by atoms with E-state index >= 15 is 0 Å². The molecule has 0 fully saturated rings. The molecule has 7 nitrogen and oxygen atoms in total. The van der Waals surface area contributed by atoms with Gasteiger partial charge in [-0.2, -0.15) is 0 Å². The molecule has 0 saturated carbocycles. The van der Waals surface area contributed by atoms with Crippen LogP contribution in [-0.2, 0) is 10.0 Å². The van der Waals surface area contributed by atoms with Crippen LogP contribution in [0.25, 0.3) is 0 Å². The van der Waals surface area contributed by atoms with Crippen LogP contribution in [0.3, 0.4) is 0 Å². The minimum Gasteiger partial charge on any atom is -0.371 e. The van der Waals surface area contributed by atoms with Crippen molar-refractivity contribution >= 4 is 32.0 Å². The van der Waals surface area contributed by atoms with Crippen molar-refractivity contribution in [2.75, 3.05) is 11.9 Å². The number of hydrogen-bond donors (Lipinski definition) is 2. The van der Waals surface area contributed by atoms with Gasteiger partial charge in [0.1, 0.15) is 4.21 Å². The lowest BCUT2D eigenvalue weighted by molar-refractivity contribution is -0.383. The van der Waals surface area contributed by atoms with Crippen LogP contribution in [0.15, 0.2) is 10.3 Å². The summed E-state index contributed by atoms with van der Waals surface area (Å²) in [5.74, 6) is 0. The molecule has 0 spiro atoms. The SMILES string of the molecule is CCCNc1sc(S(=O)(=O)NC(CC)CC)cc1[N+](=O)[O-]. The van der Waals surface area contributed by atoms with Crippen molar-refractivity contribution in [3.05, 3.63) is 16.2 Å². The van der Waals surface area contributed by atoms with Gasteiger partial charge in [0, 0.05) is 18.7 Å². The third-order valence-corrected chi connectivity index (χ3v) is 6.07. The molecule has 0 aliphatic heterocycles. The van der Waals surface area contributed by atoms with Crippen LogP contribution in [-0.4, -0.2) is 25.9 Å². The average Bonchev–Trinajstić information content (AvgIpc) is 2.87. The molecular weight excluding hydrogens is 314 g/mol. The maximum atomic E-state index is 12.3. The molecule has 1 heterocycles. The lowest BCUT2D eigenvalue weighted by atomic mass is 10.2. The van der Waals surface area contributed by atoms with E-state index in [4.69, 9.17) is 0 Å². The molecule has 0 amide bonds. The van der Waals surface area contributed by atoms with Gasteiger partial charge in [0.05, 0.1) is 4.92 Å². The highest BCUT2D eigenvalue weighted by Gasteiger charge is 2.27. The minimum absolute atomic E-state index is 0.0281. The summed E-state index contributed by atoms with van der Waals surface area (Å²) in [6, 6.07) is 0.955. The Bertz CT molecular complexity index is 579. The van der Waals surface area contributed by atoms with E-state index in [0.29, 0.717) is 19.4 Å². The van der Waals surface area contributed by atoms with Gasteiger partial charge >= 0.3 is 5.69 Å². The molecule has 1 aromatic heterocycles. The Morgan fingerprint density at radius 3 is 2.43 bits per heavy atom. The molecule has 9 heteroatoms. The summed E-state index contributed by atoms with van der Waals surface area (Å²) in [5, 5.41) is 14.2. The minimum atomic E-state index is -3.72. The lowest BCUT2D eigenvalue weighted by Gasteiger charge is -2.13. The van der Waals surface area contributed by atoms with Crippen molar-refractivity contribution in [1.29, 1.82) is 0 Å². The Morgan fingerprint density at radius 2 is 1.95 bits per heavy atom. The molecule has 0 atom stereocenters. The fourth-order valence-corrected chi connectivity index (χ4v) is 4.50. The van der Waals surface area contributed by atoms with E-state index in [1.54, 1.807) is 0 Å². The summed E-state index contributed by atoms with van der Waals surface area (Å²) < 4.78 is 27.1. The average molecular weight is 335 g/mol. The molecule has 0 bridgehead atoms. The summed E-state index contributed by atoms with van der Waals surface area (Å²) in [4.78, 5) is 10.5. The number of sulfonamides is 1. The third kappa shape index (κ3) is 4.65. The van der Waals surface area contributed by atoms with Gasteiger partial charge in [-0.15, -0.1) is 0 Å². The van der Waals surface area contributed by atoms with E-state index in [-0.39, 0.29) is 20.9 Å². The van der Waals surface area contributed by atoms with Gasteiger partial charge in [0.15, 0.2) is 5.00 Å². The van der Waals surface area contributed by atoms with E-state index in [1.165, 1.54) is 0 Å². The third-order valence-electron chi connectivity index (χ3n) is 2.99. The summed E-state index contributed by atoms with van der Waals surface area (Å²) in [5.41, 5.74) is -0.196. The lowest BCUT2D eigenvalue weighted by Crippen LogP contribution is -2.33. The molecule has 1 aromatic rings. The van der Waals surface area contributed by atoms with Crippen LogP contribution in [0.5, 0.6) is 0 Å². The molecule has 1 rings (SSSR count). The Hall–Kier alpha value is -1.19. The van der Waals surface area contributed by atoms with Gasteiger partial charge in [-0.25, -0.2) is 13.1 Å². The summed E-state index contributed by atoms with van der Waals surface area (Å²) in [7, 11) is -3.72. The van der Waals surface area contributed by atoms with Gasteiger partial charge in [-0.1, -0.05) is 32.1 Å². The Morgan fingerprint density at radius 1 is 1.33 bits per heavy atom. The Balaban J connectivity index is 3.09. The normalized spacial score (nSPS) is 11.8. The number of hydrogen-bond acceptors (Lipinski definition) is 6. The molecule has 120 valence electrons. The van der Waals surface area contributed by atoms with Crippen molar-refractivity contribution in [2.45, 2.75) is 50.3 Å². The van der Waals surface area contributed by atoms with E-state index in [2.05, 4.69) is 10.0 Å². The van der Waals surface area contributed by atoms with Crippen molar-refractivity contribution < 1.29 is 13.3 Å². The molecule has 0 aliphatic carbocycles. The van der Waals surface area contributed by atoms with Crippen molar-refractivity contribution in [1.82, 2.24) is 4.72 Å². The maximum Gasteiger partial charge on any atom is 0.304 e. The van der Waals surface area contributed by atoms with Crippen LogP contribution < -0.4 is 10.0 Å². The summed E-state index contributed by atoms with van der Waals surface area (Å²) >= 11 is 0.894. The first-order valence-corrected chi connectivity index (χ1v) is 9.20. The van der Waals surface area contributed by atoms with Crippen LogP contribution in [0.2, 0.25) is 0 Å². The zero-order chi connectivity index (χ0) is 16.0. The first kappa shape index (κ1) is 17.9. The summed E-state index contributed by atoms with van der Waals surface area (Å²) in [6.45, 7) is 6.27. The van der Waals surface area contributed by atoms with Crippen LogP contribution in [0.1, 0.15) is 40.0 Å². The standard InChI is InChI=1S/C12H21N3O4S2/c1-4-7-13-12-10(15(16)17)8-11(20-12)21(18,19)14-9(5-2)6-3/h8-9,13-14H,4-7H2,1-3H3. The van der Waals surface area contributed by atoms with E-state index in [0.717, 1.165) is 23.8 Å². The quantitative estimate of drug-likeness (QED) is 0.533.